The van der Waals surface area contributed by atoms with Crippen LogP contribution in [0.1, 0.15) is 62.4 Å². The summed E-state index contributed by atoms with van der Waals surface area (Å²) in [5, 5.41) is 6.91. The third-order valence-electron chi connectivity index (χ3n) is 5.06. The molecule has 0 unspecified atom stereocenters. The number of aliphatic imine (C=N–C) groups is 1. The highest BCUT2D eigenvalue weighted by Gasteiger charge is 2.23. The summed E-state index contributed by atoms with van der Waals surface area (Å²) in [6, 6.07) is 7.81. The lowest BCUT2D eigenvalue weighted by atomic mass is 9.80. The minimum absolute atomic E-state index is 0. The van der Waals surface area contributed by atoms with Gasteiger partial charge in [-0.2, -0.15) is 0 Å². The van der Waals surface area contributed by atoms with E-state index in [9.17, 15) is 4.79 Å². The number of nitrogens with zero attached hydrogens (tertiary/aromatic N) is 1. The van der Waals surface area contributed by atoms with Crippen molar-refractivity contribution in [2.75, 3.05) is 6.54 Å². The zero-order valence-corrected chi connectivity index (χ0v) is 18.5. The molecule has 5 nitrogen and oxygen atoms in total. The predicted molar refractivity (Wildman–Crippen MR) is 119 cm³/mol. The van der Waals surface area contributed by atoms with Crippen LogP contribution in [0.4, 0.5) is 0 Å². The number of amides is 1. The number of hydrogen-bond donors (Lipinski definition) is 3. The number of guanidine groups is 1. The van der Waals surface area contributed by atoms with E-state index in [0.29, 0.717) is 18.2 Å². The first-order chi connectivity index (χ1) is 12.0. The molecule has 2 rings (SSSR count). The Hall–Kier alpha value is -1.31. The number of hydrogen-bond acceptors (Lipinski definition) is 2. The summed E-state index contributed by atoms with van der Waals surface area (Å²) >= 11 is 0. The molecule has 0 radical (unpaired) electrons. The molecule has 1 saturated carbocycles. The summed E-state index contributed by atoms with van der Waals surface area (Å²) < 4.78 is 0. The molecule has 4 N–H and O–H groups in total. The molecule has 1 aliphatic carbocycles. The molecule has 6 heteroatoms. The third-order valence-corrected chi connectivity index (χ3v) is 5.06. The number of primary amides is 1. The molecule has 146 valence electrons. The van der Waals surface area contributed by atoms with Crippen LogP contribution in [-0.4, -0.2) is 24.5 Å². The van der Waals surface area contributed by atoms with Gasteiger partial charge in [-0.05, 0) is 62.1 Å². The summed E-state index contributed by atoms with van der Waals surface area (Å²) in [7, 11) is 0. The van der Waals surface area contributed by atoms with Crippen molar-refractivity contribution in [1.29, 1.82) is 0 Å². The predicted octanol–water partition coefficient (Wildman–Crippen LogP) is 3.67. The molecule has 0 bridgehead atoms. The Kier molecular flexibility index (Phi) is 9.98. The van der Waals surface area contributed by atoms with Gasteiger partial charge in [0.25, 0.3) is 0 Å². The van der Waals surface area contributed by atoms with Crippen molar-refractivity contribution >= 4 is 35.8 Å². The molecule has 26 heavy (non-hydrogen) atoms. The smallest absolute Gasteiger partial charge is 0.248 e. The van der Waals surface area contributed by atoms with Crippen LogP contribution in [0.15, 0.2) is 29.3 Å². The molecule has 0 heterocycles. The van der Waals surface area contributed by atoms with Crippen LogP contribution in [0.3, 0.4) is 0 Å². The van der Waals surface area contributed by atoms with E-state index < -0.39 is 5.91 Å². The van der Waals surface area contributed by atoms with Crippen LogP contribution < -0.4 is 16.4 Å². The molecule has 1 aromatic rings. The molecular formula is C20H33IN4O. The highest BCUT2D eigenvalue weighted by molar-refractivity contribution is 14.0. The maximum absolute atomic E-state index is 11.1. The Labute approximate surface area is 174 Å². The summed E-state index contributed by atoms with van der Waals surface area (Å²) in [6.07, 6.45) is 5.01. The van der Waals surface area contributed by atoms with Crippen molar-refractivity contribution in [1.82, 2.24) is 10.6 Å². The number of rotatable bonds is 6. The second kappa shape index (κ2) is 11.4. The van der Waals surface area contributed by atoms with Crippen molar-refractivity contribution in [3.8, 4) is 0 Å². The lowest BCUT2D eigenvalue weighted by Gasteiger charge is -2.32. The van der Waals surface area contributed by atoms with E-state index in [1.165, 1.54) is 25.7 Å². The number of nitrogens with one attached hydrogen (secondary N) is 2. The average molecular weight is 472 g/mol. The molecule has 1 aliphatic rings. The molecule has 0 aliphatic heterocycles. The largest absolute Gasteiger partial charge is 0.366 e. The van der Waals surface area contributed by atoms with Gasteiger partial charge in [0.15, 0.2) is 5.96 Å². The maximum Gasteiger partial charge on any atom is 0.248 e. The molecule has 1 aromatic carbocycles. The summed E-state index contributed by atoms with van der Waals surface area (Å²) in [5.74, 6) is 2.11. The molecule has 0 aromatic heterocycles. The second-order valence-corrected chi connectivity index (χ2v) is 7.26. The van der Waals surface area contributed by atoms with Gasteiger partial charge in [-0.25, -0.2) is 4.99 Å². The topological polar surface area (TPSA) is 79.5 Å². The SMILES string of the molecule is CCNC(=NCc1ccc(C(N)=O)cc1)NC1CCC(C(C)C)CC1.I. The zero-order valence-electron chi connectivity index (χ0n) is 16.1. The molecule has 1 fully saturated rings. The fourth-order valence-electron chi connectivity index (χ4n) is 3.39. The standard InChI is InChI=1S/C20H32N4O.HI/c1-4-22-20(24-18-11-9-16(10-12-18)14(2)3)23-13-15-5-7-17(8-6-15)19(21)25;/h5-8,14,16,18H,4,9-13H2,1-3H3,(H2,21,25)(H2,22,23,24);1H. The van der Waals surface area contributed by atoms with Gasteiger partial charge in [-0.1, -0.05) is 26.0 Å². The Morgan fingerprint density at radius 2 is 1.81 bits per heavy atom. The van der Waals surface area contributed by atoms with Gasteiger partial charge in [-0.15, -0.1) is 24.0 Å². The van der Waals surface area contributed by atoms with Crippen LogP contribution in [-0.2, 0) is 6.54 Å². The number of carbonyl (C=O) groups excluding carboxylic acids is 1. The van der Waals surface area contributed by atoms with Crippen molar-refractivity contribution in [2.45, 2.75) is 59.0 Å². The number of nitrogens with two attached hydrogens (primary N) is 1. The first kappa shape index (κ1) is 22.7. The zero-order chi connectivity index (χ0) is 18.2. The Morgan fingerprint density at radius 1 is 1.19 bits per heavy atom. The molecule has 0 atom stereocenters. The minimum atomic E-state index is -0.401. The molecular weight excluding hydrogens is 439 g/mol. The van der Waals surface area contributed by atoms with Crippen LogP contribution in [0.25, 0.3) is 0 Å². The van der Waals surface area contributed by atoms with E-state index in [1.807, 2.05) is 12.1 Å². The van der Waals surface area contributed by atoms with E-state index in [2.05, 4.69) is 36.4 Å². The van der Waals surface area contributed by atoms with E-state index in [0.717, 1.165) is 29.9 Å². The van der Waals surface area contributed by atoms with Crippen LogP contribution >= 0.6 is 24.0 Å². The van der Waals surface area contributed by atoms with Gasteiger partial charge in [0.05, 0.1) is 6.54 Å². The van der Waals surface area contributed by atoms with E-state index in [-0.39, 0.29) is 24.0 Å². The number of carbonyl (C=O) groups is 1. The van der Waals surface area contributed by atoms with Gasteiger partial charge in [0.1, 0.15) is 0 Å². The molecule has 0 saturated heterocycles. The highest BCUT2D eigenvalue weighted by atomic mass is 127. The van der Waals surface area contributed by atoms with Gasteiger partial charge < -0.3 is 16.4 Å². The lowest BCUT2D eigenvalue weighted by molar-refractivity contribution is 0.100. The number of halogens is 1. The van der Waals surface area contributed by atoms with Crippen LogP contribution in [0.2, 0.25) is 0 Å². The number of benzene rings is 1. The monoisotopic (exact) mass is 472 g/mol. The van der Waals surface area contributed by atoms with E-state index in [4.69, 9.17) is 5.73 Å². The summed E-state index contributed by atoms with van der Waals surface area (Å²) in [6.45, 7) is 8.15. The third kappa shape index (κ3) is 7.13. The van der Waals surface area contributed by atoms with E-state index in [1.54, 1.807) is 12.1 Å². The van der Waals surface area contributed by atoms with Crippen molar-refractivity contribution in [3.63, 3.8) is 0 Å². The Morgan fingerprint density at radius 3 is 2.31 bits per heavy atom. The minimum Gasteiger partial charge on any atom is -0.366 e. The molecule has 1 amide bonds. The Balaban J connectivity index is 0.00000338. The fourth-order valence-corrected chi connectivity index (χ4v) is 3.39. The van der Waals surface area contributed by atoms with Crippen molar-refractivity contribution in [2.24, 2.45) is 22.6 Å². The summed E-state index contributed by atoms with van der Waals surface area (Å²) in [4.78, 5) is 15.8. The second-order valence-electron chi connectivity index (χ2n) is 7.26. The van der Waals surface area contributed by atoms with E-state index >= 15 is 0 Å². The van der Waals surface area contributed by atoms with Crippen molar-refractivity contribution < 1.29 is 4.79 Å². The average Bonchev–Trinajstić information content (AvgIpc) is 2.60. The fraction of sp³-hybridized carbons (Fsp3) is 0.600. The lowest BCUT2D eigenvalue weighted by Crippen LogP contribution is -2.45. The van der Waals surface area contributed by atoms with Gasteiger partial charge in [0, 0.05) is 18.2 Å². The first-order valence-electron chi connectivity index (χ1n) is 9.43. The maximum atomic E-state index is 11.1. The quantitative estimate of drug-likeness (QED) is 0.336. The Bertz CT molecular complexity index is 578. The normalized spacial score (nSPS) is 20.4. The summed E-state index contributed by atoms with van der Waals surface area (Å²) in [5.41, 5.74) is 6.86. The van der Waals surface area contributed by atoms with Crippen LogP contribution in [0, 0.1) is 11.8 Å². The van der Waals surface area contributed by atoms with Gasteiger partial charge in [0.2, 0.25) is 5.91 Å². The van der Waals surface area contributed by atoms with Gasteiger partial charge in [-0.3, -0.25) is 4.79 Å². The molecule has 0 spiro atoms. The highest BCUT2D eigenvalue weighted by Crippen LogP contribution is 2.29. The first-order valence-corrected chi connectivity index (χ1v) is 9.43. The van der Waals surface area contributed by atoms with Gasteiger partial charge >= 0.3 is 0 Å². The van der Waals surface area contributed by atoms with Crippen molar-refractivity contribution in [3.05, 3.63) is 35.4 Å². The van der Waals surface area contributed by atoms with Crippen LogP contribution in [0.5, 0.6) is 0 Å².